The first-order chi connectivity index (χ1) is 10.3. The number of fused-ring (bicyclic) bond motifs is 1. The van der Waals surface area contributed by atoms with Crippen molar-refractivity contribution in [3.63, 3.8) is 0 Å². The van der Waals surface area contributed by atoms with Crippen LogP contribution >= 0.6 is 11.8 Å². The summed E-state index contributed by atoms with van der Waals surface area (Å²) < 4.78 is 13.1. The van der Waals surface area contributed by atoms with Crippen LogP contribution in [0.3, 0.4) is 0 Å². The molecule has 1 aromatic carbocycles. The summed E-state index contributed by atoms with van der Waals surface area (Å²) in [5.74, 6) is 2.51. The second kappa shape index (κ2) is 6.36. The fourth-order valence-corrected chi connectivity index (χ4v) is 3.21. The van der Waals surface area contributed by atoms with E-state index in [1.54, 1.807) is 18.1 Å². The SMILES string of the molecule is CNC(CSc1nncn1C)c1ccc2c(c1)OCCO2. The minimum Gasteiger partial charge on any atom is -0.486 e. The van der Waals surface area contributed by atoms with Gasteiger partial charge in [0.2, 0.25) is 0 Å². The molecular formula is C14H18N4O2S. The van der Waals surface area contributed by atoms with Gasteiger partial charge in [-0.05, 0) is 24.7 Å². The molecule has 0 radical (unpaired) electrons. The fraction of sp³-hybridized carbons (Fsp3) is 0.429. The molecule has 7 heteroatoms. The van der Waals surface area contributed by atoms with Crippen molar-refractivity contribution in [2.75, 3.05) is 26.0 Å². The van der Waals surface area contributed by atoms with Crippen LogP contribution < -0.4 is 14.8 Å². The summed E-state index contributed by atoms with van der Waals surface area (Å²) in [6, 6.07) is 6.31. The van der Waals surface area contributed by atoms with Gasteiger partial charge in [-0.1, -0.05) is 17.8 Å². The van der Waals surface area contributed by atoms with E-state index in [1.165, 1.54) is 5.56 Å². The summed E-state index contributed by atoms with van der Waals surface area (Å²) in [6.45, 7) is 1.22. The van der Waals surface area contributed by atoms with Gasteiger partial charge in [-0.3, -0.25) is 0 Å². The number of thioether (sulfide) groups is 1. The second-order valence-corrected chi connectivity index (χ2v) is 5.77. The molecule has 0 saturated carbocycles. The monoisotopic (exact) mass is 306 g/mol. The highest BCUT2D eigenvalue weighted by atomic mass is 32.2. The summed E-state index contributed by atoms with van der Waals surface area (Å²) in [5.41, 5.74) is 1.18. The lowest BCUT2D eigenvalue weighted by atomic mass is 10.1. The molecule has 2 heterocycles. The zero-order chi connectivity index (χ0) is 14.7. The number of nitrogens with one attached hydrogen (secondary N) is 1. The van der Waals surface area contributed by atoms with E-state index in [4.69, 9.17) is 9.47 Å². The minimum absolute atomic E-state index is 0.211. The van der Waals surface area contributed by atoms with Crippen LogP contribution in [0.5, 0.6) is 11.5 Å². The zero-order valence-electron chi connectivity index (χ0n) is 12.1. The van der Waals surface area contributed by atoms with Gasteiger partial charge in [0.25, 0.3) is 0 Å². The van der Waals surface area contributed by atoms with Crippen molar-refractivity contribution in [2.45, 2.75) is 11.2 Å². The molecule has 1 N–H and O–H groups in total. The number of hydrogen-bond acceptors (Lipinski definition) is 6. The Labute approximate surface area is 127 Å². The molecule has 0 spiro atoms. The van der Waals surface area contributed by atoms with E-state index in [-0.39, 0.29) is 6.04 Å². The normalized spacial score (nSPS) is 15.0. The van der Waals surface area contributed by atoms with Gasteiger partial charge >= 0.3 is 0 Å². The molecule has 0 amide bonds. The Kier molecular flexibility index (Phi) is 4.31. The molecule has 112 valence electrons. The van der Waals surface area contributed by atoms with E-state index in [9.17, 15) is 0 Å². The number of aryl methyl sites for hydroxylation is 1. The minimum atomic E-state index is 0.211. The summed E-state index contributed by atoms with van der Waals surface area (Å²) in [6.07, 6.45) is 1.71. The molecule has 0 bridgehead atoms. The van der Waals surface area contributed by atoms with E-state index in [1.807, 2.05) is 30.8 Å². The van der Waals surface area contributed by atoms with Crippen LogP contribution in [0.1, 0.15) is 11.6 Å². The van der Waals surface area contributed by atoms with Gasteiger partial charge in [-0.2, -0.15) is 0 Å². The maximum absolute atomic E-state index is 5.64. The summed E-state index contributed by atoms with van der Waals surface area (Å²) in [4.78, 5) is 0. The number of rotatable bonds is 5. The standard InChI is InChI=1S/C14H18N4O2S/c1-15-11(8-21-14-17-16-9-18(14)2)10-3-4-12-13(7-10)20-6-5-19-12/h3-4,7,9,11,15H,5-6,8H2,1-2H3. The summed E-state index contributed by atoms with van der Waals surface area (Å²) in [5, 5.41) is 12.2. The van der Waals surface area contributed by atoms with Crippen molar-refractivity contribution in [1.82, 2.24) is 20.1 Å². The quantitative estimate of drug-likeness (QED) is 0.847. The van der Waals surface area contributed by atoms with E-state index in [0.717, 1.165) is 22.4 Å². The smallest absolute Gasteiger partial charge is 0.190 e. The van der Waals surface area contributed by atoms with Gasteiger partial charge < -0.3 is 19.4 Å². The molecule has 21 heavy (non-hydrogen) atoms. The number of benzene rings is 1. The van der Waals surface area contributed by atoms with Gasteiger partial charge in [0.05, 0.1) is 0 Å². The van der Waals surface area contributed by atoms with Crippen molar-refractivity contribution in [2.24, 2.45) is 7.05 Å². The predicted octanol–water partition coefficient (Wildman–Crippen LogP) is 1.64. The van der Waals surface area contributed by atoms with Crippen LogP contribution in [0.4, 0.5) is 0 Å². The average Bonchev–Trinajstić information content (AvgIpc) is 2.93. The largest absolute Gasteiger partial charge is 0.486 e. The van der Waals surface area contributed by atoms with Crippen LogP contribution in [0, 0.1) is 0 Å². The molecule has 6 nitrogen and oxygen atoms in total. The highest BCUT2D eigenvalue weighted by molar-refractivity contribution is 7.99. The number of aromatic nitrogens is 3. The molecule has 0 aliphatic carbocycles. The molecule has 0 saturated heterocycles. The highest BCUT2D eigenvalue weighted by Gasteiger charge is 2.17. The first-order valence-corrected chi connectivity index (χ1v) is 7.80. The Morgan fingerprint density at radius 3 is 2.86 bits per heavy atom. The molecule has 1 atom stereocenters. The van der Waals surface area contributed by atoms with Crippen molar-refractivity contribution in [3.8, 4) is 11.5 Å². The van der Waals surface area contributed by atoms with Gasteiger partial charge in [-0.25, -0.2) is 0 Å². The zero-order valence-corrected chi connectivity index (χ0v) is 12.9. The van der Waals surface area contributed by atoms with Crippen LogP contribution in [0.2, 0.25) is 0 Å². The van der Waals surface area contributed by atoms with E-state index >= 15 is 0 Å². The Bertz CT molecular complexity index is 617. The van der Waals surface area contributed by atoms with Crippen LogP contribution in [-0.4, -0.2) is 40.8 Å². The second-order valence-electron chi connectivity index (χ2n) is 4.78. The first kappa shape index (κ1) is 14.2. The van der Waals surface area contributed by atoms with Gasteiger partial charge in [0.1, 0.15) is 19.5 Å². The number of nitrogens with zero attached hydrogens (tertiary/aromatic N) is 3. The van der Waals surface area contributed by atoms with Crippen molar-refractivity contribution in [1.29, 1.82) is 0 Å². The average molecular weight is 306 g/mol. The number of ether oxygens (including phenoxy) is 2. The highest BCUT2D eigenvalue weighted by Crippen LogP contribution is 2.33. The molecule has 3 rings (SSSR count). The van der Waals surface area contributed by atoms with Crippen molar-refractivity contribution < 1.29 is 9.47 Å². The molecule has 1 aliphatic heterocycles. The lowest BCUT2D eigenvalue weighted by molar-refractivity contribution is 0.171. The number of hydrogen-bond donors (Lipinski definition) is 1. The Balaban J connectivity index is 1.72. The Morgan fingerprint density at radius 1 is 1.33 bits per heavy atom. The van der Waals surface area contributed by atoms with Crippen LogP contribution in [0.15, 0.2) is 29.7 Å². The Hall–Kier alpha value is -1.73. The predicted molar refractivity (Wildman–Crippen MR) is 81.0 cm³/mol. The van der Waals surface area contributed by atoms with Crippen molar-refractivity contribution >= 4 is 11.8 Å². The molecule has 1 aromatic heterocycles. The molecule has 0 fully saturated rings. The van der Waals surface area contributed by atoms with E-state index in [0.29, 0.717) is 13.2 Å². The summed E-state index contributed by atoms with van der Waals surface area (Å²) in [7, 11) is 3.90. The molecule has 1 unspecified atom stereocenters. The Morgan fingerprint density at radius 2 is 2.14 bits per heavy atom. The topological polar surface area (TPSA) is 61.2 Å². The molecule has 1 aliphatic rings. The molecular weight excluding hydrogens is 288 g/mol. The third kappa shape index (κ3) is 3.14. The van der Waals surface area contributed by atoms with Crippen LogP contribution in [0.25, 0.3) is 0 Å². The van der Waals surface area contributed by atoms with Gasteiger partial charge in [0, 0.05) is 18.8 Å². The first-order valence-electron chi connectivity index (χ1n) is 6.81. The van der Waals surface area contributed by atoms with Gasteiger partial charge in [0.15, 0.2) is 16.7 Å². The van der Waals surface area contributed by atoms with Crippen molar-refractivity contribution in [3.05, 3.63) is 30.1 Å². The third-order valence-corrected chi connectivity index (χ3v) is 4.49. The third-order valence-electron chi connectivity index (χ3n) is 3.37. The fourth-order valence-electron chi connectivity index (χ4n) is 2.18. The lowest BCUT2D eigenvalue weighted by Gasteiger charge is -2.21. The summed E-state index contributed by atoms with van der Waals surface area (Å²) >= 11 is 1.67. The maximum Gasteiger partial charge on any atom is 0.190 e. The maximum atomic E-state index is 5.64. The van der Waals surface area contributed by atoms with E-state index in [2.05, 4.69) is 21.6 Å². The molecule has 2 aromatic rings. The van der Waals surface area contributed by atoms with Gasteiger partial charge in [-0.15, -0.1) is 10.2 Å². The lowest BCUT2D eigenvalue weighted by Crippen LogP contribution is -2.20. The van der Waals surface area contributed by atoms with Crippen LogP contribution in [-0.2, 0) is 7.05 Å². The van der Waals surface area contributed by atoms with E-state index < -0.39 is 0 Å².